The minimum Gasteiger partial charge on any atom is -0.324 e. The fraction of sp³-hybridized carbons (Fsp3) is 0.0952. The highest BCUT2D eigenvalue weighted by molar-refractivity contribution is 7.89. The average molecular weight is 473 g/mol. The lowest BCUT2D eigenvalue weighted by atomic mass is 10.1. The maximum absolute atomic E-state index is 13.2. The fourth-order valence-electron chi connectivity index (χ4n) is 3.02. The Bertz CT molecular complexity index is 1360. The monoisotopic (exact) mass is 472 g/mol. The van der Waals surface area contributed by atoms with Crippen molar-refractivity contribution in [1.29, 1.82) is 0 Å². The van der Waals surface area contributed by atoms with Crippen molar-refractivity contribution in [3.63, 3.8) is 0 Å². The molecule has 7 nitrogen and oxygen atoms in total. The van der Waals surface area contributed by atoms with Crippen molar-refractivity contribution in [3.8, 4) is 0 Å². The molecule has 10 heteroatoms. The van der Waals surface area contributed by atoms with Crippen molar-refractivity contribution in [3.05, 3.63) is 82.9 Å². The van der Waals surface area contributed by atoms with E-state index in [-0.39, 0.29) is 10.4 Å². The number of carbonyl (C=O) groups is 1. The zero-order chi connectivity index (χ0) is 22.0. The first-order chi connectivity index (χ1) is 14.8. The van der Waals surface area contributed by atoms with E-state index in [0.717, 1.165) is 17.3 Å². The predicted molar refractivity (Wildman–Crippen MR) is 122 cm³/mol. The van der Waals surface area contributed by atoms with Crippen LogP contribution in [0.25, 0.3) is 11.0 Å². The molecule has 0 aliphatic rings. The summed E-state index contributed by atoms with van der Waals surface area (Å²) in [6.45, 7) is 1.85. The van der Waals surface area contributed by atoms with Gasteiger partial charge in [0.05, 0.1) is 11.7 Å². The second-order valence-corrected chi connectivity index (χ2v) is 9.42. The Hall–Kier alpha value is -2.85. The Kier molecular flexibility index (Phi) is 6.01. The summed E-state index contributed by atoms with van der Waals surface area (Å²) in [5.74, 6) is -0.543. The molecule has 0 saturated carbocycles. The minimum atomic E-state index is -4.09. The number of fused-ring (bicyclic) bond motifs is 1. The number of aryl methyl sites for hydroxylation is 1. The normalized spacial score (nSPS) is 12.6. The lowest BCUT2D eigenvalue weighted by Crippen LogP contribution is -2.37. The van der Waals surface area contributed by atoms with Crippen LogP contribution in [-0.4, -0.2) is 23.1 Å². The van der Waals surface area contributed by atoms with Gasteiger partial charge in [-0.05, 0) is 42.3 Å². The molecule has 3 aromatic carbocycles. The fourth-order valence-corrected chi connectivity index (χ4v) is 5.15. The van der Waals surface area contributed by atoms with Crippen molar-refractivity contribution >= 4 is 56.0 Å². The van der Waals surface area contributed by atoms with Gasteiger partial charge in [0, 0.05) is 10.7 Å². The van der Waals surface area contributed by atoms with Crippen LogP contribution in [0.15, 0.2) is 71.6 Å². The van der Waals surface area contributed by atoms with Crippen LogP contribution in [0.2, 0.25) is 5.02 Å². The average Bonchev–Trinajstić information content (AvgIpc) is 3.24. The number of nitrogens with zero attached hydrogens (tertiary/aromatic N) is 2. The molecule has 31 heavy (non-hydrogen) atoms. The van der Waals surface area contributed by atoms with Crippen LogP contribution in [0, 0.1) is 6.92 Å². The minimum absolute atomic E-state index is 0.0362. The number of aromatic nitrogens is 2. The van der Waals surface area contributed by atoms with Gasteiger partial charge in [-0.1, -0.05) is 54.1 Å². The molecule has 158 valence electrons. The first kappa shape index (κ1) is 21.4. The number of rotatable bonds is 6. The lowest BCUT2D eigenvalue weighted by molar-refractivity contribution is -0.117. The molecular formula is C21H17ClN4O3S2. The molecular weight excluding hydrogens is 456 g/mol. The molecule has 0 aliphatic carbocycles. The second-order valence-electron chi connectivity index (χ2n) is 6.81. The predicted octanol–water partition coefficient (Wildman–Crippen LogP) is 4.31. The van der Waals surface area contributed by atoms with Crippen LogP contribution in [0.1, 0.15) is 17.2 Å². The van der Waals surface area contributed by atoms with Crippen LogP contribution in [0.5, 0.6) is 0 Å². The van der Waals surface area contributed by atoms with Gasteiger partial charge in [0.2, 0.25) is 15.9 Å². The number of sulfonamides is 1. The van der Waals surface area contributed by atoms with Crippen LogP contribution < -0.4 is 10.0 Å². The standard InChI is InChI=1S/C21H17ClN4O3S2/c1-13-10-11-15(12-16(13)22)23-21(27)19(14-6-3-2-4-7-14)26-31(28,29)18-9-5-8-17-20(18)25-30-24-17/h2-12,19,26H,1H3,(H,23,27). The maximum atomic E-state index is 13.2. The Labute approximate surface area is 188 Å². The molecule has 0 aliphatic heterocycles. The molecule has 0 bridgehead atoms. The molecule has 0 fully saturated rings. The third-order valence-electron chi connectivity index (χ3n) is 4.65. The van der Waals surface area contributed by atoms with Gasteiger partial charge in [-0.15, -0.1) is 0 Å². The molecule has 0 radical (unpaired) electrons. The SMILES string of the molecule is Cc1ccc(NC(=O)C(NS(=O)(=O)c2cccc3nsnc23)c2ccccc2)cc1Cl. The zero-order valence-electron chi connectivity index (χ0n) is 16.2. The Morgan fingerprint density at radius 3 is 2.55 bits per heavy atom. The van der Waals surface area contributed by atoms with E-state index in [9.17, 15) is 13.2 Å². The van der Waals surface area contributed by atoms with E-state index >= 15 is 0 Å². The molecule has 1 amide bonds. The van der Waals surface area contributed by atoms with E-state index in [0.29, 0.717) is 21.8 Å². The number of hydrogen-bond donors (Lipinski definition) is 2. The molecule has 4 rings (SSSR count). The molecule has 1 aromatic heterocycles. The summed E-state index contributed by atoms with van der Waals surface area (Å²) >= 11 is 7.08. The van der Waals surface area contributed by atoms with Crippen LogP contribution >= 0.6 is 23.3 Å². The highest BCUT2D eigenvalue weighted by Gasteiger charge is 2.29. The molecule has 1 heterocycles. The highest BCUT2D eigenvalue weighted by atomic mass is 35.5. The van der Waals surface area contributed by atoms with Gasteiger partial charge in [-0.2, -0.15) is 13.5 Å². The van der Waals surface area contributed by atoms with Crippen molar-refractivity contribution in [2.75, 3.05) is 5.32 Å². The van der Waals surface area contributed by atoms with Crippen LogP contribution in [0.3, 0.4) is 0 Å². The number of anilines is 1. The molecule has 4 aromatic rings. The summed E-state index contributed by atoms with van der Waals surface area (Å²) < 4.78 is 37.1. The van der Waals surface area contributed by atoms with E-state index in [1.165, 1.54) is 6.07 Å². The first-order valence-electron chi connectivity index (χ1n) is 9.21. The quantitative estimate of drug-likeness (QED) is 0.435. The highest BCUT2D eigenvalue weighted by Crippen LogP contribution is 2.25. The van der Waals surface area contributed by atoms with Gasteiger partial charge in [-0.25, -0.2) is 8.42 Å². The third-order valence-corrected chi connectivity index (χ3v) is 7.05. The van der Waals surface area contributed by atoms with Gasteiger partial charge < -0.3 is 5.32 Å². The summed E-state index contributed by atoms with van der Waals surface area (Å²) in [7, 11) is -4.09. The summed E-state index contributed by atoms with van der Waals surface area (Å²) in [5, 5.41) is 3.24. The van der Waals surface area contributed by atoms with Gasteiger partial charge in [0.1, 0.15) is 22.0 Å². The van der Waals surface area contributed by atoms with Crippen LogP contribution in [-0.2, 0) is 14.8 Å². The number of benzene rings is 3. The van der Waals surface area contributed by atoms with Gasteiger partial charge in [0.25, 0.3) is 0 Å². The molecule has 1 atom stereocenters. The number of nitrogens with one attached hydrogen (secondary N) is 2. The smallest absolute Gasteiger partial charge is 0.247 e. The Morgan fingerprint density at radius 1 is 1.03 bits per heavy atom. The van der Waals surface area contributed by atoms with Crippen LogP contribution in [0.4, 0.5) is 5.69 Å². The molecule has 0 spiro atoms. The summed E-state index contributed by atoms with van der Waals surface area (Å²) in [6, 6.07) is 17.2. The van der Waals surface area contributed by atoms with Crippen molar-refractivity contribution in [2.24, 2.45) is 0 Å². The van der Waals surface area contributed by atoms with E-state index < -0.39 is 22.0 Å². The van der Waals surface area contributed by atoms with Gasteiger partial charge in [-0.3, -0.25) is 4.79 Å². The molecule has 1 unspecified atom stereocenters. The Balaban J connectivity index is 1.69. The largest absolute Gasteiger partial charge is 0.324 e. The van der Waals surface area contributed by atoms with Gasteiger partial charge >= 0.3 is 0 Å². The first-order valence-corrected chi connectivity index (χ1v) is 11.8. The maximum Gasteiger partial charge on any atom is 0.247 e. The van der Waals surface area contributed by atoms with Crippen molar-refractivity contribution in [2.45, 2.75) is 17.9 Å². The number of hydrogen-bond acceptors (Lipinski definition) is 6. The van der Waals surface area contributed by atoms with E-state index in [4.69, 9.17) is 11.6 Å². The second kappa shape index (κ2) is 8.72. The number of amides is 1. The van der Waals surface area contributed by atoms with E-state index in [1.807, 2.05) is 6.92 Å². The number of carbonyl (C=O) groups excluding carboxylic acids is 1. The zero-order valence-corrected chi connectivity index (χ0v) is 18.6. The number of halogens is 1. The topological polar surface area (TPSA) is 101 Å². The Morgan fingerprint density at radius 2 is 1.81 bits per heavy atom. The summed E-state index contributed by atoms with van der Waals surface area (Å²) in [6.07, 6.45) is 0. The summed E-state index contributed by atoms with van der Waals surface area (Å²) in [5.41, 5.74) is 2.56. The van der Waals surface area contributed by atoms with Crippen molar-refractivity contribution < 1.29 is 13.2 Å². The molecule has 0 saturated heterocycles. The van der Waals surface area contributed by atoms with E-state index in [1.54, 1.807) is 60.7 Å². The lowest BCUT2D eigenvalue weighted by Gasteiger charge is -2.19. The molecule has 2 N–H and O–H groups in total. The third kappa shape index (κ3) is 4.59. The summed E-state index contributed by atoms with van der Waals surface area (Å²) in [4.78, 5) is 13.1. The van der Waals surface area contributed by atoms with Crippen molar-refractivity contribution in [1.82, 2.24) is 13.5 Å². The van der Waals surface area contributed by atoms with Gasteiger partial charge in [0.15, 0.2) is 0 Å². The van der Waals surface area contributed by atoms with E-state index in [2.05, 4.69) is 18.8 Å².